The number of hydrogen-bond acceptors (Lipinski definition) is 3. The molecule has 0 radical (unpaired) electrons. The summed E-state index contributed by atoms with van der Waals surface area (Å²) in [6.07, 6.45) is 1.89. The SMILES string of the molecule is c1ccc2c(c1)-c1cc3sc4ncccc4c3c3cccc(c13)N2c1ccc2c(ccc3ccccc32)c1. The predicted octanol–water partition coefficient (Wildman–Crippen LogP) is 10.4. The van der Waals surface area contributed by atoms with Crippen molar-refractivity contribution in [2.45, 2.75) is 0 Å². The first-order chi connectivity index (χ1) is 18.8. The molecule has 0 amide bonds. The molecule has 176 valence electrons. The maximum absolute atomic E-state index is 4.68. The van der Waals surface area contributed by atoms with Crippen LogP contribution in [-0.2, 0) is 0 Å². The van der Waals surface area contributed by atoms with Crippen LogP contribution in [0.1, 0.15) is 0 Å². The van der Waals surface area contributed by atoms with Crippen LogP contribution in [0.3, 0.4) is 0 Å². The number of para-hydroxylation sites is 1. The highest BCUT2D eigenvalue weighted by Gasteiger charge is 2.27. The standard InChI is InChI=1S/C35H20N2S/c1-2-8-24-21(7-1)14-15-22-19-23(16-17-25(22)24)37-30-12-4-3-9-26(30)29-20-32-34(27-10-5-13-31(37)33(27)29)28-11-6-18-36-35(28)38-32/h1-20H. The molecule has 3 heteroatoms. The van der Waals surface area contributed by atoms with Crippen LogP contribution in [0, 0.1) is 0 Å². The summed E-state index contributed by atoms with van der Waals surface area (Å²) >= 11 is 1.79. The molecule has 0 unspecified atom stereocenters. The van der Waals surface area contributed by atoms with E-state index in [4.69, 9.17) is 0 Å². The smallest absolute Gasteiger partial charge is 0.124 e. The molecule has 0 atom stereocenters. The summed E-state index contributed by atoms with van der Waals surface area (Å²) in [5, 5.41) is 10.2. The summed E-state index contributed by atoms with van der Waals surface area (Å²) < 4.78 is 1.29. The van der Waals surface area contributed by atoms with Crippen molar-refractivity contribution < 1.29 is 0 Å². The van der Waals surface area contributed by atoms with E-state index in [1.807, 2.05) is 12.3 Å². The molecular formula is C35H20N2S. The highest BCUT2D eigenvalue weighted by Crippen LogP contribution is 2.54. The van der Waals surface area contributed by atoms with Gasteiger partial charge in [-0.05, 0) is 75.0 Å². The fourth-order valence-corrected chi connectivity index (χ4v) is 7.51. The molecule has 0 aliphatic carbocycles. The van der Waals surface area contributed by atoms with Gasteiger partial charge < -0.3 is 4.90 Å². The fraction of sp³-hybridized carbons (Fsp3) is 0. The zero-order valence-electron chi connectivity index (χ0n) is 20.3. The Balaban J connectivity index is 1.39. The van der Waals surface area contributed by atoms with Crippen LogP contribution in [0.2, 0.25) is 0 Å². The highest BCUT2D eigenvalue weighted by molar-refractivity contribution is 7.25. The van der Waals surface area contributed by atoms with E-state index in [1.165, 1.54) is 76.0 Å². The van der Waals surface area contributed by atoms with Gasteiger partial charge in [0.15, 0.2) is 0 Å². The van der Waals surface area contributed by atoms with E-state index in [0.29, 0.717) is 0 Å². The fourth-order valence-electron chi connectivity index (χ4n) is 6.41. The first-order valence-corrected chi connectivity index (χ1v) is 13.7. The Labute approximate surface area is 223 Å². The van der Waals surface area contributed by atoms with Gasteiger partial charge in [-0.2, -0.15) is 0 Å². The number of anilines is 3. The van der Waals surface area contributed by atoms with E-state index in [2.05, 4.69) is 119 Å². The van der Waals surface area contributed by atoms with Crippen molar-refractivity contribution in [1.82, 2.24) is 4.98 Å². The summed E-state index contributed by atoms with van der Waals surface area (Å²) in [6.45, 7) is 0. The second-order valence-corrected chi connectivity index (χ2v) is 11.0. The van der Waals surface area contributed by atoms with Crippen LogP contribution in [0.4, 0.5) is 17.1 Å². The summed E-state index contributed by atoms with van der Waals surface area (Å²) in [4.78, 5) is 8.22. The zero-order chi connectivity index (χ0) is 24.8. The number of hydrogen-bond donors (Lipinski definition) is 0. The molecule has 9 rings (SSSR count). The van der Waals surface area contributed by atoms with Gasteiger partial charge in [0.2, 0.25) is 0 Å². The van der Waals surface area contributed by atoms with E-state index in [1.54, 1.807) is 11.3 Å². The van der Waals surface area contributed by atoms with Gasteiger partial charge in [-0.25, -0.2) is 4.98 Å². The van der Waals surface area contributed by atoms with Gasteiger partial charge in [0.05, 0.1) is 11.4 Å². The van der Waals surface area contributed by atoms with E-state index in [9.17, 15) is 0 Å². The van der Waals surface area contributed by atoms with E-state index in [-0.39, 0.29) is 0 Å². The molecule has 2 nitrogen and oxygen atoms in total. The largest absolute Gasteiger partial charge is 0.309 e. The average molecular weight is 501 g/mol. The maximum Gasteiger partial charge on any atom is 0.124 e. The van der Waals surface area contributed by atoms with Crippen LogP contribution in [0.5, 0.6) is 0 Å². The minimum atomic E-state index is 1.09. The molecule has 38 heavy (non-hydrogen) atoms. The molecule has 2 aromatic heterocycles. The Hall–Kier alpha value is -4.73. The molecule has 6 aromatic carbocycles. The molecule has 0 fully saturated rings. The lowest BCUT2D eigenvalue weighted by atomic mass is 9.89. The average Bonchev–Trinajstić information content (AvgIpc) is 3.36. The molecule has 0 bridgehead atoms. The van der Waals surface area contributed by atoms with Gasteiger partial charge in [-0.3, -0.25) is 0 Å². The lowest BCUT2D eigenvalue weighted by molar-refractivity contribution is 1.29. The molecule has 3 heterocycles. The molecule has 0 N–H and O–H groups in total. The lowest BCUT2D eigenvalue weighted by Crippen LogP contribution is -2.15. The number of pyridine rings is 1. The molecule has 1 aliphatic heterocycles. The zero-order valence-corrected chi connectivity index (χ0v) is 21.2. The number of benzene rings is 6. The monoisotopic (exact) mass is 500 g/mol. The Kier molecular flexibility index (Phi) is 3.96. The number of thiophene rings is 1. The molecule has 0 saturated carbocycles. The van der Waals surface area contributed by atoms with Crippen LogP contribution in [-0.4, -0.2) is 4.98 Å². The Bertz CT molecular complexity index is 2260. The van der Waals surface area contributed by atoms with Crippen LogP contribution < -0.4 is 4.90 Å². The highest BCUT2D eigenvalue weighted by atomic mass is 32.1. The van der Waals surface area contributed by atoms with E-state index < -0.39 is 0 Å². The second kappa shape index (κ2) is 7.41. The summed E-state index contributed by atoms with van der Waals surface area (Å²) in [6, 6.07) is 42.2. The number of rotatable bonds is 1. The van der Waals surface area contributed by atoms with Gasteiger partial charge in [-0.1, -0.05) is 72.8 Å². The summed E-state index contributed by atoms with van der Waals surface area (Å²) in [5.41, 5.74) is 6.18. The van der Waals surface area contributed by atoms with Crippen molar-refractivity contribution in [3.8, 4) is 11.1 Å². The van der Waals surface area contributed by atoms with Crippen molar-refractivity contribution >= 4 is 81.0 Å². The first-order valence-electron chi connectivity index (χ1n) is 12.9. The topological polar surface area (TPSA) is 16.1 Å². The molecule has 0 saturated heterocycles. The molecular weight excluding hydrogens is 480 g/mol. The lowest BCUT2D eigenvalue weighted by Gasteiger charge is -2.34. The van der Waals surface area contributed by atoms with Gasteiger partial charge in [0.1, 0.15) is 4.83 Å². The third-order valence-corrected chi connectivity index (χ3v) is 9.07. The van der Waals surface area contributed by atoms with Gasteiger partial charge in [-0.15, -0.1) is 11.3 Å². The molecule has 0 spiro atoms. The van der Waals surface area contributed by atoms with Gasteiger partial charge >= 0.3 is 0 Å². The third kappa shape index (κ3) is 2.64. The summed E-state index contributed by atoms with van der Waals surface area (Å²) in [5.74, 6) is 0. The summed E-state index contributed by atoms with van der Waals surface area (Å²) in [7, 11) is 0. The van der Waals surface area contributed by atoms with E-state index >= 15 is 0 Å². The van der Waals surface area contributed by atoms with Crippen LogP contribution >= 0.6 is 11.3 Å². The van der Waals surface area contributed by atoms with Crippen molar-refractivity contribution in [3.05, 3.63) is 121 Å². The van der Waals surface area contributed by atoms with Crippen molar-refractivity contribution in [1.29, 1.82) is 0 Å². The van der Waals surface area contributed by atoms with Crippen LogP contribution in [0.15, 0.2) is 121 Å². The van der Waals surface area contributed by atoms with Crippen molar-refractivity contribution in [2.24, 2.45) is 0 Å². The number of nitrogens with zero attached hydrogens (tertiary/aromatic N) is 2. The van der Waals surface area contributed by atoms with Crippen molar-refractivity contribution in [2.75, 3.05) is 4.90 Å². The number of aromatic nitrogens is 1. The second-order valence-electron chi connectivity index (χ2n) is 10.00. The number of fused-ring (bicyclic) bond motifs is 9. The Morgan fingerprint density at radius 3 is 2.32 bits per heavy atom. The molecule has 8 aromatic rings. The van der Waals surface area contributed by atoms with Crippen molar-refractivity contribution in [3.63, 3.8) is 0 Å². The van der Waals surface area contributed by atoms with E-state index in [0.717, 1.165) is 4.83 Å². The Morgan fingerprint density at radius 1 is 0.526 bits per heavy atom. The Morgan fingerprint density at radius 2 is 1.32 bits per heavy atom. The van der Waals surface area contributed by atoms with Gasteiger partial charge in [0, 0.05) is 38.3 Å². The van der Waals surface area contributed by atoms with Crippen LogP contribution in [0.25, 0.3) is 63.7 Å². The predicted molar refractivity (Wildman–Crippen MR) is 163 cm³/mol. The normalized spacial score (nSPS) is 12.7. The molecule has 1 aliphatic rings. The minimum Gasteiger partial charge on any atom is -0.309 e. The quantitative estimate of drug-likeness (QED) is 0.208. The third-order valence-electron chi connectivity index (χ3n) is 8.01. The minimum absolute atomic E-state index is 1.09. The first kappa shape index (κ1) is 20.3. The maximum atomic E-state index is 4.68. The van der Waals surface area contributed by atoms with Gasteiger partial charge in [0.25, 0.3) is 0 Å².